The van der Waals surface area contributed by atoms with Crippen molar-refractivity contribution in [1.29, 1.82) is 0 Å². The van der Waals surface area contributed by atoms with Crippen LogP contribution in [0.4, 0.5) is 0 Å². The minimum absolute atomic E-state index is 0.00489. The van der Waals surface area contributed by atoms with E-state index in [1.165, 1.54) is 0 Å². The highest BCUT2D eigenvalue weighted by atomic mass is 79.9. The summed E-state index contributed by atoms with van der Waals surface area (Å²) in [5.74, 6) is 1.11. The smallest absolute Gasteiger partial charge is 0.161 e. The summed E-state index contributed by atoms with van der Waals surface area (Å²) in [7, 11) is 1.66. The molecule has 1 heterocycles. The second-order valence-electron chi connectivity index (χ2n) is 3.50. The number of halogens is 1. The number of hydrogen-bond donors (Lipinski definition) is 0. The summed E-state index contributed by atoms with van der Waals surface area (Å²) in [6.45, 7) is 2.08. The Hall–Kier alpha value is -1.03. The van der Waals surface area contributed by atoms with Crippen molar-refractivity contribution < 1.29 is 9.57 Å². The Morgan fingerprint density at radius 3 is 2.47 bits per heavy atom. The molecule has 0 N–H and O–H groups in total. The van der Waals surface area contributed by atoms with Crippen LogP contribution in [0.5, 0.6) is 5.75 Å². The predicted octanol–water partition coefficient (Wildman–Crippen LogP) is 3.11. The van der Waals surface area contributed by atoms with Crippen LogP contribution in [0.15, 0.2) is 29.4 Å². The summed E-state index contributed by atoms with van der Waals surface area (Å²) in [5.41, 5.74) is 1.11. The highest BCUT2D eigenvalue weighted by Crippen LogP contribution is 2.34. The maximum Gasteiger partial charge on any atom is 0.161 e. The monoisotopic (exact) mass is 269 g/mol. The third-order valence-electron chi connectivity index (χ3n) is 2.53. The van der Waals surface area contributed by atoms with Gasteiger partial charge in [-0.05, 0) is 33.6 Å². The van der Waals surface area contributed by atoms with Crippen LogP contribution < -0.4 is 4.74 Å². The van der Waals surface area contributed by atoms with Crippen LogP contribution in [-0.4, -0.2) is 11.7 Å². The van der Waals surface area contributed by atoms with E-state index in [0.717, 1.165) is 15.9 Å². The fourth-order valence-electron chi connectivity index (χ4n) is 1.55. The topological polar surface area (TPSA) is 30.8 Å². The molecule has 1 aromatic rings. The Bertz CT molecular complexity index is 375. The Morgan fingerprint density at radius 2 is 2.00 bits per heavy atom. The second kappa shape index (κ2) is 4.23. The molecule has 1 aliphatic rings. The summed E-state index contributed by atoms with van der Waals surface area (Å²) in [4.78, 5) is 5.34. The Kier molecular flexibility index (Phi) is 2.95. The van der Waals surface area contributed by atoms with E-state index in [0.29, 0.717) is 0 Å². The van der Waals surface area contributed by atoms with Crippen molar-refractivity contribution in [3.8, 4) is 5.75 Å². The normalized spacial score (nSPS) is 24.6. The zero-order valence-electron chi connectivity index (χ0n) is 8.61. The molecule has 0 radical (unpaired) electrons. The zero-order chi connectivity index (χ0) is 10.8. The van der Waals surface area contributed by atoms with E-state index in [4.69, 9.17) is 9.57 Å². The molecule has 15 heavy (non-hydrogen) atoms. The molecule has 0 unspecified atom stereocenters. The lowest BCUT2D eigenvalue weighted by Crippen LogP contribution is -2.09. The Morgan fingerprint density at radius 1 is 1.33 bits per heavy atom. The van der Waals surface area contributed by atoms with Gasteiger partial charge in [0.25, 0.3) is 0 Å². The minimum Gasteiger partial charge on any atom is -0.497 e. The van der Waals surface area contributed by atoms with E-state index in [1.54, 1.807) is 7.11 Å². The van der Waals surface area contributed by atoms with Gasteiger partial charge in [-0.15, -0.1) is 0 Å². The van der Waals surface area contributed by atoms with Gasteiger partial charge in [0.1, 0.15) is 10.4 Å². The average Bonchev–Trinajstić information content (AvgIpc) is 2.60. The molecular formula is C11H12BrNO2. The zero-order valence-corrected chi connectivity index (χ0v) is 10.2. The SMILES string of the molecule is COc1ccc([C@@H]2ON=C(Br)[C@H]2C)cc1. The number of benzene rings is 1. The highest BCUT2D eigenvalue weighted by molar-refractivity contribution is 9.18. The van der Waals surface area contributed by atoms with Crippen molar-refractivity contribution in [2.45, 2.75) is 13.0 Å². The quantitative estimate of drug-likeness (QED) is 0.826. The molecule has 3 nitrogen and oxygen atoms in total. The van der Waals surface area contributed by atoms with Crippen LogP contribution in [0.25, 0.3) is 0 Å². The van der Waals surface area contributed by atoms with E-state index in [9.17, 15) is 0 Å². The number of oxime groups is 1. The van der Waals surface area contributed by atoms with Crippen molar-refractivity contribution in [2.75, 3.05) is 7.11 Å². The van der Waals surface area contributed by atoms with E-state index < -0.39 is 0 Å². The third-order valence-corrected chi connectivity index (χ3v) is 3.39. The first-order valence-electron chi connectivity index (χ1n) is 4.75. The number of rotatable bonds is 2. The summed E-state index contributed by atoms with van der Waals surface area (Å²) >= 11 is 3.37. The van der Waals surface area contributed by atoms with E-state index >= 15 is 0 Å². The Labute approximate surface area is 97.2 Å². The Balaban J connectivity index is 2.17. The number of nitrogens with zero attached hydrogens (tertiary/aromatic N) is 1. The molecule has 0 aliphatic carbocycles. The highest BCUT2D eigenvalue weighted by Gasteiger charge is 2.30. The number of ether oxygens (including phenoxy) is 1. The van der Waals surface area contributed by atoms with E-state index in [2.05, 4.69) is 28.0 Å². The van der Waals surface area contributed by atoms with Gasteiger partial charge in [-0.2, -0.15) is 0 Å². The molecule has 0 aromatic heterocycles. The van der Waals surface area contributed by atoms with Gasteiger partial charge in [0.2, 0.25) is 0 Å². The lowest BCUT2D eigenvalue weighted by molar-refractivity contribution is 0.0652. The van der Waals surface area contributed by atoms with Gasteiger partial charge in [-0.3, -0.25) is 0 Å². The molecule has 0 bridgehead atoms. The fraction of sp³-hybridized carbons (Fsp3) is 0.364. The molecule has 0 saturated carbocycles. The van der Waals surface area contributed by atoms with E-state index in [-0.39, 0.29) is 12.0 Å². The second-order valence-corrected chi connectivity index (χ2v) is 4.31. The molecule has 1 aliphatic heterocycles. The van der Waals surface area contributed by atoms with Crippen LogP contribution in [0, 0.1) is 5.92 Å². The molecule has 2 rings (SSSR count). The van der Waals surface area contributed by atoms with Crippen LogP contribution in [-0.2, 0) is 4.84 Å². The first kappa shape index (κ1) is 10.5. The minimum atomic E-state index is 0.00489. The average molecular weight is 270 g/mol. The third kappa shape index (κ3) is 2.00. The lowest BCUT2D eigenvalue weighted by Gasteiger charge is -2.13. The van der Waals surface area contributed by atoms with Gasteiger partial charge in [0.05, 0.1) is 13.0 Å². The van der Waals surface area contributed by atoms with Gasteiger partial charge >= 0.3 is 0 Å². The lowest BCUT2D eigenvalue weighted by atomic mass is 9.99. The summed E-state index contributed by atoms with van der Waals surface area (Å²) < 4.78 is 5.97. The van der Waals surface area contributed by atoms with E-state index in [1.807, 2.05) is 24.3 Å². The molecule has 80 valence electrons. The van der Waals surface area contributed by atoms with Crippen LogP contribution in [0.2, 0.25) is 0 Å². The van der Waals surface area contributed by atoms with Gasteiger partial charge in [0.15, 0.2) is 6.10 Å². The van der Waals surface area contributed by atoms with Crippen molar-refractivity contribution in [3.05, 3.63) is 29.8 Å². The summed E-state index contributed by atoms with van der Waals surface area (Å²) in [6, 6.07) is 7.86. The maximum atomic E-state index is 5.34. The predicted molar refractivity (Wildman–Crippen MR) is 62.3 cm³/mol. The molecule has 0 spiro atoms. The van der Waals surface area contributed by atoms with Crippen molar-refractivity contribution in [3.63, 3.8) is 0 Å². The summed E-state index contributed by atoms with van der Waals surface area (Å²) in [6.07, 6.45) is 0.00489. The van der Waals surface area contributed by atoms with Gasteiger partial charge in [0, 0.05) is 0 Å². The van der Waals surface area contributed by atoms with Gasteiger partial charge < -0.3 is 9.57 Å². The van der Waals surface area contributed by atoms with Crippen molar-refractivity contribution in [1.82, 2.24) is 0 Å². The van der Waals surface area contributed by atoms with Crippen molar-refractivity contribution in [2.24, 2.45) is 11.1 Å². The number of hydrogen-bond acceptors (Lipinski definition) is 3. The van der Waals surface area contributed by atoms with Crippen LogP contribution in [0.1, 0.15) is 18.6 Å². The van der Waals surface area contributed by atoms with Crippen molar-refractivity contribution >= 4 is 20.6 Å². The molecule has 4 heteroatoms. The molecular weight excluding hydrogens is 258 g/mol. The fourth-order valence-corrected chi connectivity index (χ4v) is 1.87. The van der Waals surface area contributed by atoms with Gasteiger partial charge in [-0.1, -0.05) is 24.2 Å². The first-order valence-corrected chi connectivity index (χ1v) is 5.55. The van der Waals surface area contributed by atoms with Crippen LogP contribution in [0.3, 0.4) is 0 Å². The number of methoxy groups -OCH3 is 1. The maximum absolute atomic E-state index is 5.34. The molecule has 2 atom stereocenters. The molecule has 0 fully saturated rings. The molecule has 1 aromatic carbocycles. The standard InChI is InChI=1S/C11H12BrNO2/c1-7-10(15-13-11(7)12)8-3-5-9(14-2)6-4-8/h3-7,10H,1-2H3/t7-,10+/m0/s1. The molecule has 0 amide bonds. The van der Waals surface area contributed by atoms with Gasteiger partial charge in [-0.25, -0.2) is 0 Å². The molecule has 0 saturated heterocycles. The van der Waals surface area contributed by atoms with Crippen LogP contribution >= 0.6 is 15.9 Å². The first-order chi connectivity index (χ1) is 7.22. The largest absolute Gasteiger partial charge is 0.497 e. The summed E-state index contributed by atoms with van der Waals surface area (Å²) in [5, 5.41) is 3.92.